The van der Waals surface area contributed by atoms with Crippen LogP contribution in [0.4, 0.5) is 0 Å². The van der Waals surface area contributed by atoms with Crippen LogP contribution in [0.2, 0.25) is 0 Å². The van der Waals surface area contributed by atoms with E-state index in [1.165, 1.54) is 11.1 Å². The van der Waals surface area contributed by atoms with E-state index in [1.807, 2.05) is 11.8 Å². The summed E-state index contributed by atoms with van der Waals surface area (Å²) in [6, 6.07) is 8.65. The minimum Gasteiger partial charge on any atom is -0.368 e. The number of halogens is 1. The first-order valence-corrected chi connectivity index (χ1v) is 8.50. The van der Waals surface area contributed by atoms with Gasteiger partial charge < -0.3 is 15.0 Å². The molecule has 1 aromatic carbocycles. The van der Waals surface area contributed by atoms with E-state index < -0.39 is 6.10 Å². The number of nitrogens with one attached hydrogen (secondary N) is 1. The summed E-state index contributed by atoms with van der Waals surface area (Å²) >= 11 is 0. The molecule has 1 saturated heterocycles. The minimum absolute atomic E-state index is 0. The molecule has 1 aliphatic rings. The summed E-state index contributed by atoms with van der Waals surface area (Å²) in [5, 5.41) is 3.39. The van der Waals surface area contributed by atoms with Crippen LogP contribution in [0, 0.1) is 0 Å². The number of nitrogens with zero attached hydrogens (tertiary/aromatic N) is 1. The van der Waals surface area contributed by atoms with Crippen LogP contribution in [0.1, 0.15) is 37.4 Å². The second-order valence-corrected chi connectivity index (χ2v) is 5.94. The van der Waals surface area contributed by atoms with Gasteiger partial charge in [-0.15, -0.1) is 19.0 Å². The van der Waals surface area contributed by atoms with Gasteiger partial charge in [-0.3, -0.25) is 4.79 Å². The van der Waals surface area contributed by atoms with Gasteiger partial charge in [0.25, 0.3) is 5.91 Å². The van der Waals surface area contributed by atoms with Crippen LogP contribution in [0.25, 0.3) is 0 Å². The van der Waals surface area contributed by atoms with E-state index >= 15 is 0 Å². The summed E-state index contributed by atoms with van der Waals surface area (Å²) in [4.78, 5) is 14.7. The molecule has 2 unspecified atom stereocenters. The second-order valence-electron chi connectivity index (χ2n) is 5.94. The van der Waals surface area contributed by atoms with Crippen LogP contribution in [0.3, 0.4) is 0 Å². The quantitative estimate of drug-likeness (QED) is 0.605. The number of carbonyl (C=O) groups is 1. The van der Waals surface area contributed by atoms with Crippen LogP contribution >= 0.6 is 12.4 Å². The van der Waals surface area contributed by atoms with Crippen molar-refractivity contribution < 1.29 is 9.53 Å². The molecule has 1 fully saturated rings. The maximum atomic E-state index is 12.7. The SMILES string of the molecule is C=CCCOC(C)C(=O)N1CCNCC1c1ccc(CC)cc1.Cl. The van der Waals surface area contributed by atoms with Crippen LogP contribution in [-0.2, 0) is 16.0 Å². The predicted octanol–water partition coefficient (Wildman–Crippen LogP) is 3.12. The van der Waals surface area contributed by atoms with Crippen molar-refractivity contribution in [3.63, 3.8) is 0 Å². The fraction of sp³-hybridized carbons (Fsp3) is 0.526. The average Bonchev–Trinajstić information content (AvgIpc) is 2.61. The number of rotatable bonds is 7. The molecule has 4 nitrogen and oxygen atoms in total. The van der Waals surface area contributed by atoms with Gasteiger partial charge in [-0.25, -0.2) is 0 Å². The number of aryl methyl sites for hydroxylation is 1. The highest BCUT2D eigenvalue weighted by atomic mass is 35.5. The van der Waals surface area contributed by atoms with Crippen LogP contribution < -0.4 is 5.32 Å². The third kappa shape index (κ3) is 5.33. The van der Waals surface area contributed by atoms with Crippen molar-refractivity contribution >= 4 is 18.3 Å². The van der Waals surface area contributed by atoms with Gasteiger partial charge in [0, 0.05) is 19.6 Å². The summed E-state index contributed by atoms with van der Waals surface area (Å²) in [5.74, 6) is 0.0696. The number of piperazine rings is 1. The monoisotopic (exact) mass is 352 g/mol. The van der Waals surface area contributed by atoms with Crippen molar-refractivity contribution in [3.05, 3.63) is 48.0 Å². The molecule has 2 atom stereocenters. The van der Waals surface area contributed by atoms with Crippen molar-refractivity contribution in [2.75, 3.05) is 26.2 Å². The predicted molar refractivity (Wildman–Crippen MR) is 101 cm³/mol. The largest absolute Gasteiger partial charge is 0.368 e. The molecule has 134 valence electrons. The normalized spacial score (nSPS) is 18.6. The van der Waals surface area contributed by atoms with E-state index in [2.05, 4.69) is 43.1 Å². The smallest absolute Gasteiger partial charge is 0.252 e. The van der Waals surface area contributed by atoms with Crippen LogP contribution in [0.15, 0.2) is 36.9 Å². The Labute approximate surface area is 151 Å². The zero-order chi connectivity index (χ0) is 16.7. The molecule has 2 rings (SSSR count). The fourth-order valence-corrected chi connectivity index (χ4v) is 2.87. The van der Waals surface area contributed by atoms with Crippen molar-refractivity contribution in [3.8, 4) is 0 Å². The van der Waals surface area contributed by atoms with E-state index in [1.54, 1.807) is 6.08 Å². The first kappa shape index (κ1) is 20.7. The Balaban J connectivity index is 0.00000288. The zero-order valence-corrected chi connectivity index (χ0v) is 15.5. The van der Waals surface area contributed by atoms with Crippen molar-refractivity contribution in [2.45, 2.75) is 38.8 Å². The number of carbonyl (C=O) groups excluding carboxylic acids is 1. The molecule has 1 heterocycles. The van der Waals surface area contributed by atoms with Crippen molar-refractivity contribution in [2.24, 2.45) is 0 Å². The molecule has 1 N–H and O–H groups in total. The fourth-order valence-electron chi connectivity index (χ4n) is 2.87. The third-order valence-corrected chi connectivity index (χ3v) is 4.34. The molecule has 1 amide bonds. The van der Waals surface area contributed by atoms with Gasteiger partial charge in [0.05, 0.1) is 12.6 Å². The van der Waals surface area contributed by atoms with Gasteiger partial charge in [-0.2, -0.15) is 0 Å². The van der Waals surface area contributed by atoms with E-state index in [0.29, 0.717) is 13.2 Å². The Morgan fingerprint density at radius 3 is 2.79 bits per heavy atom. The van der Waals surface area contributed by atoms with Gasteiger partial charge in [0.2, 0.25) is 0 Å². The summed E-state index contributed by atoms with van der Waals surface area (Å²) in [5.41, 5.74) is 2.50. The van der Waals surface area contributed by atoms with Crippen molar-refractivity contribution in [1.29, 1.82) is 0 Å². The first-order valence-electron chi connectivity index (χ1n) is 8.50. The first-order chi connectivity index (χ1) is 11.2. The topological polar surface area (TPSA) is 41.6 Å². The Hall–Kier alpha value is -1.36. The van der Waals surface area contributed by atoms with Crippen LogP contribution in [0.5, 0.6) is 0 Å². The number of amides is 1. The molecule has 0 bridgehead atoms. The van der Waals surface area contributed by atoms with E-state index in [0.717, 1.165) is 25.9 Å². The van der Waals surface area contributed by atoms with Gasteiger partial charge >= 0.3 is 0 Å². The molecule has 0 saturated carbocycles. The molecule has 1 aliphatic heterocycles. The van der Waals surface area contributed by atoms with Gasteiger partial charge in [-0.05, 0) is 30.9 Å². The zero-order valence-electron chi connectivity index (χ0n) is 14.7. The lowest BCUT2D eigenvalue weighted by Gasteiger charge is -2.38. The lowest BCUT2D eigenvalue weighted by Crippen LogP contribution is -2.51. The highest BCUT2D eigenvalue weighted by Crippen LogP contribution is 2.24. The highest BCUT2D eigenvalue weighted by Gasteiger charge is 2.30. The molecular formula is C19H29ClN2O2. The maximum Gasteiger partial charge on any atom is 0.252 e. The van der Waals surface area contributed by atoms with Crippen molar-refractivity contribution in [1.82, 2.24) is 10.2 Å². The molecule has 0 aliphatic carbocycles. The lowest BCUT2D eigenvalue weighted by atomic mass is 10.0. The van der Waals surface area contributed by atoms with Gasteiger partial charge in [0.15, 0.2) is 0 Å². The number of ether oxygens (including phenoxy) is 1. The van der Waals surface area contributed by atoms with E-state index in [4.69, 9.17) is 4.74 Å². The third-order valence-electron chi connectivity index (χ3n) is 4.34. The second kappa shape index (κ2) is 10.5. The maximum absolute atomic E-state index is 12.7. The van der Waals surface area contributed by atoms with Gasteiger partial charge in [-0.1, -0.05) is 37.3 Å². The summed E-state index contributed by atoms with van der Waals surface area (Å²) in [7, 11) is 0. The van der Waals surface area contributed by atoms with E-state index in [-0.39, 0.29) is 24.4 Å². The Morgan fingerprint density at radius 1 is 1.46 bits per heavy atom. The molecule has 0 radical (unpaired) electrons. The standard InChI is InChI=1S/C19H28N2O2.ClH/c1-4-6-13-23-15(3)19(22)21-12-11-20-14-18(21)17-9-7-16(5-2)8-10-17;/h4,7-10,15,18,20H,1,5-6,11-14H2,2-3H3;1H. The molecular weight excluding hydrogens is 324 g/mol. The number of benzene rings is 1. The minimum atomic E-state index is -0.412. The summed E-state index contributed by atoms with van der Waals surface area (Å²) in [6.07, 6.45) is 3.19. The Kier molecular flexibility index (Phi) is 9.04. The number of hydrogen-bond acceptors (Lipinski definition) is 3. The molecule has 0 spiro atoms. The highest BCUT2D eigenvalue weighted by molar-refractivity contribution is 5.85. The molecule has 24 heavy (non-hydrogen) atoms. The summed E-state index contributed by atoms with van der Waals surface area (Å²) in [6.45, 7) is 10.5. The average molecular weight is 353 g/mol. The van der Waals surface area contributed by atoms with Gasteiger partial charge in [0.1, 0.15) is 6.10 Å². The molecule has 5 heteroatoms. The molecule has 1 aromatic rings. The summed E-state index contributed by atoms with van der Waals surface area (Å²) < 4.78 is 5.64. The molecule has 0 aromatic heterocycles. The Bertz CT molecular complexity index is 519. The lowest BCUT2D eigenvalue weighted by molar-refractivity contribution is -0.146. The van der Waals surface area contributed by atoms with Crippen LogP contribution in [-0.4, -0.2) is 43.2 Å². The number of hydrogen-bond donors (Lipinski definition) is 1. The Morgan fingerprint density at radius 2 is 2.17 bits per heavy atom. The van der Waals surface area contributed by atoms with E-state index in [9.17, 15) is 4.79 Å².